The second-order valence-corrected chi connectivity index (χ2v) is 8.38. The maximum Gasteiger partial charge on any atom is 0.416 e. The first-order valence-corrected chi connectivity index (χ1v) is 11.3. The Kier molecular flexibility index (Phi) is 7.06. The van der Waals surface area contributed by atoms with Crippen LogP contribution in [-0.2, 0) is 6.18 Å². The summed E-state index contributed by atoms with van der Waals surface area (Å²) in [5.74, 6) is 0.997. The first-order valence-electron chi connectivity index (χ1n) is 11.3. The van der Waals surface area contributed by atoms with Gasteiger partial charge >= 0.3 is 6.18 Å². The molecule has 4 rings (SSSR count). The number of hydrogen-bond acceptors (Lipinski definition) is 6. The lowest BCUT2D eigenvalue weighted by Crippen LogP contribution is -2.37. The van der Waals surface area contributed by atoms with Gasteiger partial charge < -0.3 is 19.7 Å². The van der Waals surface area contributed by atoms with Crippen molar-refractivity contribution >= 4 is 22.3 Å². The third-order valence-corrected chi connectivity index (χ3v) is 6.13. The van der Waals surface area contributed by atoms with Gasteiger partial charge in [-0.1, -0.05) is 13.2 Å². The molecule has 186 valence electrons. The number of piperidine rings is 1. The summed E-state index contributed by atoms with van der Waals surface area (Å²) in [6, 6.07) is 10.2. The number of benzene rings is 2. The summed E-state index contributed by atoms with van der Waals surface area (Å²) in [7, 11) is 1.54. The van der Waals surface area contributed by atoms with Gasteiger partial charge in [0.25, 0.3) is 0 Å². The molecular formula is C27H25F3N4O2. The van der Waals surface area contributed by atoms with Crippen LogP contribution in [0.2, 0.25) is 0 Å². The van der Waals surface area contributed by atoms with Gasteiger partial charge in [0, 0.05) is 55.0 Å². The Morgan fingerprint density at radius 3 is 2.47 bits per heavy atom. The van der Waals surface area contributed by atoms with E-state index in [0.29, 0.717) is 33.8 Å². The first kappa shape index (κ1) is 24.9. The van der Waals surface area contributed by atoms with Crippen molar-refractivity contribution in [1.82, 2.24) is 9.88 Å². The number of nitrogens with one attached hydrogen (secondary N) is 1. The van der Waals surface area contributed by atoms with Crippen LogP contribution in [-0.4, -0.2) is 36.2 Å². The molecule has 1 saturated heterocycles. The van der Waals surface area contributed by atoms with Crippen molar-refractivity contribution in [2.75, 3.05) is 25.5 Å². The summed E-state index contributed by atoms with van der Waals surface area (Å²) in [4.78, 5) is 6.52. The normalized spacial score (nSPS) is 14.2. The quantitative estimate of drug-likeness (QED) is 0.382. The van der Waals surface area contributed by atoms with Crippen molar-refractivity contribution in [2.45, 2.75) is 25.1 Å². The number of nitrogens with zero attached hydrogens (tertiary/aromatic N) is 3. The van der Waals surface area contributed by atoms with Crippen LogP contribution >= 0.6 is 0 Å². The van der Waals surface area contributed by atoms with E-state index in [0.717, 1.165) is 43.8 Å². The van der Waals surface area contributed by atoms with Crippen LogP contribution in [0.4, 0.5) is 24.5 Å². The fraction of sp³-hybridized carbons (Fsp3) is 0.259. The highest BCUT2D eigenvalue weighted by Gasteiger charge is 2.30. The number of rotatable bonds is 7. The lowest BCUT2D eigenvalue weighted by molar-refractivity contribution is -0.137. The van der Waals surface area contributed by atoms with Crippen molar-refractivity contribution in [3.63, 3.8) is 0 Å². The molecule has 6 nitrogen and oxygen atoms in total. The fourth-order valence-electron chi connectivity index (χ4n) is 4.13. The molecule has 0 aliphatic carbocycles. The summed E-state index contributed by atoms with van der Waals surface area (Å²) in [5, 5.41) is 13.3. The Hall–Kier alpha value is -4.19. The molecule has 1 N–H and O–H groups in total. The zero-order valence-corrected chi connectivity index (χ0v) is 19.7. The number of pyridine rings is 1. The minimum absolute atomic E-state index is 0.0522. The number of ether oxygens (including phenoxy) is 2. The average molecular weight is 495 g/mol. The maximum atomic E-state index is 13.0. The van der Waals surface area contributed by atoms with Crippen molar-refractivity contribution in [2.24, 2.45) is 0 Å². The van der Waals surface area contributed by atoms with Gasteiger partial charge in [-0.3, -0.25) is 4.98 Å². The molecule has 3 aromatic rings. The Morgan fingerprint density at radius 1 is 1.19 bits per heavy atom. The minimum Gasteiger partial charge on any atom is -0.493 e. The van der Waals surface area contributed by atoms with Gasteiger partial charge in [0.1, 0.15) is 12.2 Å². The fourth-order valence-corrected chi connectivity index (χ4v) is 4.13. The predicted molar refractivity (Wildman–Crippen MR) is 132 cm³/mol. The zero-order valence-electron chi connectivity index (χ0n) is 19.7. The Bertz CT molecular complexity index is 1320. The Labute approximate surface area is 207 Å². The Balaban J connectivity index is 1.66. The van der Waals surface area contributed by atoms with Crippen LogP contribution in [0.3, 0.4) is 0 Å². The van der Waals surface area contributed by atoms with E-state index < -0.39 is 11.7 Å². The number of halogens is 3. The number of allylic oxidation sites excluding steroid dienone is 1. The average Bonchev–Trinajstić information content (AvgIpc) is 2.88. The number of aromatic nitrogens is 1. The number of fused-ring (bicyclic) bond motifs is 1. The summed E-state index contributed by atoms with van der Waals surface area (Å²) < 4.78 is 50.7. The van der Waals surface area contributed by atoms with E-state index in [9.17, 15) is 18.4 Å². The van der Waals surface area contributed by atoms with Crippen molar-refractivity contribution in [3.05, 3.63) is 78.7 Å². The van der Waals surface area contributed by atoms with Gasteiger partial charge in [-0.05, 0) is 36.4 Å². The van der Waals surface area contributed by atoms with Crippen LogP contribution in [0.5, 0.6) is 11.5 Å². The van der Waals surface area contributed by atoms with E-state index in [-0.39, 0.29) is 11.7 Å². The predicted octanol–water partition coefficient (Wildman–Crippen LogP) is 6.42. The molecular weight excluding hydrogens is 469 g/mol. The third kappa shape index (κ3) is 5.23. The standard InChI is InChI=1S/C27H25F3N4O2/c1-4-17(2)34-11-9-21(10-12-34)36-25-13-22-23(14-24(25)35-3)32-16-18(15-31)26(22)33-20-7-5-19(6-8-20)27(28,29)30/h4-8,13-14,16,21H,1-2,9-12H2,3H3,(H,32,33). The van der Waals surface area contributed by atoms with Gasteiger partial charge in [-0.15, -0.1) is 0 Å². The van der Waals surface area contributed by atoms with Gasteiger partial charge in [0.05, 0.1) is 29.4 Å². The van der Waals surface area contributed by atoms with Gasteiger partial charge in [0.2, 0.25) is 0 Å². The number of hydrogen-bond donors (Lipinski definition) is 1. The molecule has 36 heavy (non-hydrogen) atoms. The molecule has 0 saturated carbocycles. The molecule has 1 fully saturated rings. The van der Waals surface area contributed by atoms with E-state index in [1.807, 2.05) is 0 Å². The molecule has 0 bridgehead atoms. The molecule has 0 spiro atoms. The molecule has 2 aromatic carbocycles. The summed E-state index contributed by atoms with van der Waals surface area (Å²) >= 11 is 0. The van der Waals surface area contributed by atoms with E-state index >= 15 is 0 Å². The largest absolute Gasteiger partial charge is 0.493 e. The van der Waals surface area contributed by atoms with E-state index in [1.165, 1.54) is 25.4 Å². The zero-order chi connectivity index (χ0) is 25.9. The Morgan fingerprint density at radius 2 is 1.89 bits per heavy atom. The van der Waals surface area contributed by atoms with Crippen LogP contribution in [0.25, 0.3) is 10.9 Å². The second-order valence-electron chi connectivity index (χ2n) is 8.38. The number of anilines is 2. The minimum atomic E-state index is -4.43. The number of likely N-dealkylation sites (tertiary alicyclic amines) is 1. The van der Waals surface area contributed by atoms with Gasteiger partial charge in [0.15, 0.2) is 11.5 Å². The number of alkyl halides is 3. The lowest BCUT2D eigenvalue weighted by atomic mass is 10.1. The van der Waals surface area contributed by atoms with Gasteiger partial charge in [-0.2, -0.15) is 18.4 Å². The number of nitriles is 1. The second kappa shape index (κ2) is 10.2. The summed E-state index contributed by atoms with van der Waals surface area (Å²) in [6.07, 6.45) is 0.221. The van der Waals surface area contributed by atoms with Gasteiger partial charge in [-0.25, -0.2) is 0 Å². The molecule has 9 heteroatoms. The highest BCUT2D eigenvalue weighted by atomic mass is 19.4. The molecule has 1 aliphatic rings. The molecule has 1 aliphatic heterocycles. The van der Waals surface area contributed by atoms with Crippen LogP contribution in [0, 0.1) is 11.3 Å². The number of methoxy groups -OCH3 is 1. The van der Waals surface area contributed by atoms with Crippen LogP contribution in [0.1, 0.15) is 24.0 Å². The topological polar surface area (TPSA) is 70.4 Å². The molecule has 0 unspecified atom stereocenters. The van der Waals surface area contributed by atoms with E-state index in [4.69, 9.17) is 9.47 Å². The molecule has 0 radical (unpaired) electrons. The molecule has 0 amide bonds. The van der Waals surface area contributed by atoms with Crippen LogP contribution < -0.4 is 14.8 Å². The smallest absolute Gasteiger partial charge is 0.416 e. The van der Waals surface area contributed by atoms with Crippen LogP contribution in [0.15, 0.2) is 67.5 Å². The molecule has 1 aromatic heterocycles. The third-order valence-electron chi connectivity index (χ3n) is 6.13. The summed E-state index contributed by atoms with van der Waals surface area (Å²) in [6.45, 7) is 9.33. The van der Waals surface area contributed by atoms with Crippen molar-refractivity contribution in [1.29, 1.82) is 5.26 Å². The van der Waals surface area contributed by atoms with Crippen molar-refractivity contribution < 1.29 is 22.6 Å². The van der Waals surface area contributed by atoms with E-state index in [1.54, 1.807) is 18.2 Å². The highest BCUT2D eigenvalue weighted by Crippen LogP contribution is 2.39. The first-order chi connectivity index (χ1) is 17.2. The van der Waals surface area contributed by atoms with Crippen molar-refractivity contribution in [3.8, 4) is 17.6 Å². The molecule has 0 atom stereocenters. The maximum absolute atomic E-state index is 13.0. The SMILES string of the molecule is C=CC(=C)N1CCC(Oc2cc3c(Nc4ccc(C(F)(F)F)cc4)c(C#N)cnc3cc2OC)CC1. The highest BCUT2D eigenvalue weighted by molar-refractivity contribution is 5.97. The summed E-state index contributed by atoms with van der Waals surface area (Å²) in [5.41, 5.74) is 1.74. The molecule has 2 heterocycles. The monoisotopic (exact) mass is 494 g/mol. The lowest BCUT2D eigenvalue weighted by Gasteiger charge is -2.34. The van der Waals surface area contributed by atoms with E-state index in [2.05, 4.69) is 34.4 Å².